The van der Waals surface area contributed by atoms with E-state index in [0.717, 1.165) is 19.3 Å². The molecule has 0 aliphatic rings. The van der Waals surface area contributed by atoms with Crippen LogP contribution in [0.5, 0.6) is 0 Å². The molecular weight excluding hydrogens is 124 g/mol. The molecular formula is C9H19O. The van der Waals surface area contributed by atoms with Crippen LogP contribution in [-0.4, -0.2) is 6.10 Å². The Kier molecular flexibility index (Phi) is 3.95. The molecule has 0 amide bonds. The van der Waals surface area contributed by atoms with Gasteiger partial charge in [-0.15, -0.1) is 0 Å². The van der Waals surface area contributed by atoms with Crippen LogP contribution in [0.2, 0.25) is 0 Å². The highest BCUT2D eigenvalue weighted by Gasteiger charge is 2.22. The molecule has 0 rings (SSSR count). The topological polar surface area (TPSA) is 19.9 Å². The zero-order chi connectivity index (χ0) is 8.20. The third-order valence-corrected chi connectivity index (χ3v) is 1.79. The molecule has 61 valence electrons. The Morgan fingerprint density at radius 1 is 1.30 bits per heavy atom. The van der Waals surface area contributed by atoms with E-state index in [2.05, 4.69) is 6.92 Å². The van der Waals surface area contributed by atoms with Crippen molar-refractivity contribution in [1.82, 2.24) is 0 Å². The average molecular weight is 143 g/mol. The molecule has 1 nitrogen and oxygen atoms in total. The average Bonchev–Trinajstić information content (AvgIpc) is 1.80. The Bertz CT molecular complexity index is 81.2. The van der Waals surface area contributed by atoms with Gasteiger partial charge in [0.1, 0.15) is 0 Å². The van der Waals surface area contributed by atoms with Crippen molar-refractivity contribution in [1.29, 1.82) is 0 Å². The summed E-state index contributed by atoms with van der Waals surface area (Å²) < 4.78 is 0. The minimum atomic E-state index is -0.382. The molecule has 0 aliphatic heterocycles. The number of hydrogen-bond donors (Lipinski definition) is 0. The number of hydrogen-bond acceptors (Lipinski definition) is 0. The normalized spacial score (nSPS) is 15.3. The molecule has 0 aromatic carbocycles. The van der Waals surface area contributed by atoms with E-state index < -0.39 is 0 Å². The maximum atomic E-state index is 11.3. The summed E-state index contributed by atoms with van der Waals surface area (Å²) in [6.45, 7) is 8.16. The molecule has 1 unspecified atom stereocenters. The van der Waals surface area contributed by atoms with Crippen LogP contribution in [0.1, 0.15) is 47.0 Å². The van der Waals surface area contributed by atoms with Gasteiger partial charge < -0.3 is 0 Å². The molecule has 10 heavy (non-hydrogen) atoms. The first kappa shape index (κ1) is 9.96. The van der Waals surface area contributed by atoms with Crippen LogP contribution in [0, 0.1) is 5.41 Å². The zero-order valence-corrected chi connectivity index (χ0v) is 7.61. The standard InChI is InChI=1S/C9H19O/c1-5-6-7-8(10)9(2,3)4/h8H,5-7H2,1-4H3. The molecule has 1 atom stereocenters. The van der Waals surface area contributed by atoms with E-state index in [9.17, 15) is 5.11 Å². The summed E-state index contributed by atoms with van der Waals surface area (Å²) >= 11 is 0. The molecule has 1 radical (unpaired) electrons. The van der Waals surface area contributed by atoms with Crippen molar-refractivity contribution in [3.8, 4) is 0 Å². The van der Waals surface area contributed by atoms with Crippen LogP contribution in [0.3, 0.4) is 0 Å². The van der Waals surface area contributed by atoms with Gasteiger partial charge in [-0.1, -0.05) is 40.5 Å². The summed E-state index contributed by atoms with van der Waals surface area (Å²) in [5.41, 5.74) is -0.0465. The monoisotopic (exact) mass is 143 g/mol. The summed E-state index contributed by atoms with van der Waals surface area (Å²) in [5, 5.41) is 11.3. The van der Waals surface area contributed by atoms with Crippen LogP contribution < -0.4 is 0 Å². The van der Waals surface area contributed by atoms with Crippen molar-refractivity contribution >= 4 is 0 Å². The predicted octanol–water partition coefficient (Wildman–Crippen LogP) is 3.02. The Morgan fingerprint density at radius 2 is 1.80 bits per heavy atom. The third kappa shape index (κ3) is 3.89. The van der Waals surface area contributed by atoms with Crippen LogP contribution in [-0.2, 0) is 5.11 Å². The molecule has 0 N–H and O–H groups in total. The van der Waals surface area contributed by atoms with Crippen molar-refractivity contribution in [3.05, 3.63) is 0 Å². The molecule has 0 saturated heterocycles. The SMILES string of the molecule is CCCCC([O])C(C)(C)C. The molecule has 0 saturated carbocycles. The fourth-order valence-electron chi connectivity index (χ4n) is 0.823. The van der Waals surface area contributed by atoms with Crippen molar-refractivity contribution in [2.75, 3.05) is 0 Å². The molecule has 0 bridgehead atoms. The Hall–Kier alpha value is -0.0400. The van der Waals surface area contributed by atoms with Gasteiger partial charge in [-0.3, -0.25) is 0 Å². The second kappa shape index (κ2) is 3.97. The first-order chi connectivity index (χ1) is 4.48. The maximum absolute atomic E-state index is 11.3. The Morgan fingerprint density at radius 3 is 2.10 bits per heavy atom. The minimum Gasteiger partial charge on any atom is -0.233 e. The number of rotatable bonds is 3. The lowest BCUT2D eigenvalue weighted by molar-refractivity contribution is -0.00683. The van der Waals surface area contributed by atoms with Crippen molar-refractivity contribution < 1.29 is 5.11 Å². The van der Waals surface area contributed by atoms with E-state index in [0.29, 0.717) is 0 Å². The summed E-state index contributed by atoms with van der Waals surface area (Å²) in [5.74, 6) is 0. The molecule has 0 fully saturated rings. The first-order valence-electron chi connectivity index (χ1n) is 4.14. The van der Waals surface area contributed by atoms with Gasteiger partial charge in [0, 0.05) is 0 Å². The fraction of sp³-hybridized carbons (Fsp3) is 1.00. The second-order valence-corrected chi connectivity index (χ2v) is 4.00. The van der Waals surface area contributed by atoms with Gasteiger partial charge in [0.25, 0.3) is 0 Å². The van der Waals surface area contributed by atoms with Crippen LogP contribution >= 0.6 is 0 Å². The largest absolute Gasteiger partial charge is 0.233 e. The Balaban J connectivity index is 3.52. The third-order valence-electron chi connectivity index (χ3n) is 1.79. The van der Waals surface area contributed by atoms with Crippen molar-refractivity contribution in [3.63, 3.8) is 0 Å². The first-order valence-corrected chi connectivity index (χ1v) is 4.14. The highest BCUT2D eigenvalue weighted by atomic mass is 16.3. The summed E-state index contributed by atoms with van der Waals surface area (Å²) in [6, 6.07) is 0. The molecule has 0 spiro atoms. The van der Waals surface area contributed by atoms with Crippen LogP contribution in [0.4, 0.5) is 0 Å². The van der Waals surface area contributed by atoms with E-state index in [4.69, 9.17) is 0 Å². The fourth-order valence-corrected chi connectivity index (χ4v) is 0.823. The van der Waals surface area contributed by atoms with Gasteiger partial charge in [-0.05, 0) is 11.8 Å². The van der Waals surface area contributed by atoms with Crippen LogP contribution in [0.25, 0.3) is 0 Å². The summed E-state index contributed by atoms with van der Waals surface area (Å²) in [7, 11) is 0. The maximum Gasteiger partial charge on any atom is 0.0978 e. The summed E-state index contributed by atoms with van der Waals surface area (Å²) in [4.78, 5) is 0. The highest BCUT2D eigenvalue weighted by Crippen LogP contribution is 2.23. The van der Waals surface area contributed by atoms with E-state index in [1.807, 2.05) is 20.8 Å². The molecule has 0 heterocycles. The summed E-state index contributed by atoms with van der Waals surface area (Å²) in [6.07, 6.45) is 2.66. The van der Waals surface area contributed by atoms with Crippen LogP contribution in [0.15, 0.2) is 0 Å². The van der Waals surface area contributed by atoms with E-state index in [-0.39, 0.29) is 11.5 Å². The molecule has 0 aromatic heterocycles. The smallest absolute Gasteiger partial charge is 0.0978 e. The molecule has 1 heteroatoms. The molecule has 0 aliphatic carbocycles. The van der Waals surface area contributed by atoms with E-state index in [1.54, 1.807) is 0 Å². The van der Waals surface area contributed by atoms with Gasteiger partial charge in [0.15, 0.2) is 0 Å². The van der Waals surface area contributed by atoms with Gasteiger partial charge in [-0.25, -0.2) is 5.11 Å². The lowest BCUT2D eigenvalue weighted by Crippen LogP contribution is -2.24. The zero-order valence-electron chi connectivity index (χ0n) is 7.61. The van der Waals surface area contributed by atoms with Gasteiger partial charge in [-0.2, -0.15) is 0 Å². The van der Waals surface area contributed by atoms with Crippen molar-refractivity contribution in [2.45, 2.75) is 53.1 Å². The van der Waals surface area contributed by atoms with Gasteiger partial charge >= 0.3 is 0 Å². The Labute approximate surface area is 64.5 Å². The number of unbranched alkanes of at least 4 members (excludes halogenated alkanes) is 1. The second-order valence-electron chi connectivity index (χ2n) is 4.00. The van der Waals surface area contributed by atoms with Gasteiger partial charge in [0.2, 0.25) is 0 Å². The van der Waals surface area contributed by atoms with E-state index in [1.165, 1.54) is 0 Å². The predicted molar refractivity (Wildman–Crippen MR) is 43.5 cm³/mol. The van der Waals surface area contributed by atoms with Gasteiger partial charge in [0.05, 0.1) is 6.10 Å². The van der Waals surface area contributed by atoms with Crippen molar-refractivity contribution in [2.24, 2.45) is 5.41 Å². The lowest BCUT2D eigenvalue weighted by atomic mass is 9.86. The lowest BCUT2D eigenvalue weighted by Gasteiger charge is -2.23. The minimum absolute atomic E-state index is 0.0465. The molecule has 0 aromatic rings. The quantitative estimate of drug-likeness (QED) is 0.578. The highest BCUT2D eigenvalue weighted by molar-refractivity contribution is 4.71. The van der Waals surface area contributed by atoms with E-state index >= 15 is 0 Å².